The van der Waals surface area contributed by atoms with Crippen LogP contribution in [0.4, 0.5) is 17.8 Å². The molecule has 27 nitrogen and oxygen atoms in total. The van der Waals surface area contributed by atoms with Crippen molar-refractivity contribution in [2.24, 2.45) is 35.5 Å². The molecule has 125 heavy (non-hydrogen) atoms. The van der Waals surface area contributed by atoms with Crippen LogP contribution in [0.5, 0.6) is 6.01 Å². The van der Waals surface area contributed by atoms with Crippen LogP contribution in [-0.4, -0.2) is 143 Å². The molecule has 0 atom stereocenters. The Bertz CT molecular complexity index is 5520. The van der Waals surface area contributed by atoms with Gasteiger partial charge in [-0.05, 0) is 190 Å². The Kier molecular flexibility index (Phi) is 33.0. The van der Waals surface area contributed by atoms with E-state index in [1.165, 1.54) is 205 Å². The smallest absolute Gasteiger partial charge is 0.297 e. The lowest BCUT2D eigenvalue weighted by Crippen LogP contribution is -2.18. The number of nitrogens with zero attached hydrogens (tertiary/aromatic N) is 18. The van der Waals surface area contributed by atoms with E-state index < -0.39 is 0 Å². The highest BCUT2D eigenvalue weighted by Crippen LogP contribution is 2.37. The van der Waals surface area contributed by atoms with Gasteiger partial charge in [-0.1, -0.05) is 127 Å². The van der Waals surface area contributed by atoms with E-state index in [1.807, 2.05) is 65.2 Å². The van der Waals surface area contributed by atoms with Gasteiger partial charge in [0.2, 0.25) is 23.8 Å². The number of Topliss-reactive ketones (excluding diaryl/α,β-unsaturated/α-hetero) is 4. The number of pyridine rings is 6. The zero-order valence-corrected chi connectivity index (χ0v) is 77.0. The van der Waals surface area contributed by atoms with Crippen molar-refractivity contribution in [1.29, 1.82) is 0 Å². The standard InChI is InChI=1S/C17H23N3O2.2C16H22N4O.C16H24N4.C16H21N3OS.C16H21N3O/c1-3-22-17-19-15-10-18-14(12(2)21)9-16(15)20(17)11-13-7-5-4-6-8-13;1-11(21)13-8-15-14(9-18-13)19-16(17-2)20(15)10-12-6-4-3-5-7-12;1-11-8-15-14(9-17-11)19-16(18-12(2)21)20(15)10-13-6-4-3-5-7-13;1-3-17-16-19-14-10-18-12(2)9-15(14)20(16)11-13-7-5-4-6-8-13;1-11(20)13-8-15-14(9-17-13)18-16(21-2)19(15)10-12-6-4-3-5-7-12;1-11(20)14-8-16-15(9-17-14)18-12(2)19(16)10-13-6-4-3-5-7-13/h9-10,13H,3-8,11H2,1-2H3;8-9,12H,3-7,10H2,1-2H3,(H,17,19);8-9,13H,3-7,10H2,1-2H3,(H,18,19,21);9-10,13H,3-8,11H2,1-2H3,(H,17,19);8-9,12H,3-7,10H2,1-2H3;8-9,13H,3-7,10H2,1-2H3. The second kappa shape index (κ2) is 44.7. The predicted octanol–water partition coefficient (Wildman–Crippen LogP) is 21.4. The van der Waals surface area contributed by atoms with Crippen molar-refractivity contribution in [3.05, 3.63) is 114 Å². The minimum Gasteiger partial charge on any atom is -0.465 e. The lowest BCUT2D eigenvalue weighted by Gasteiger charge is -2.23. The van der Waals surface area contributed by atoms with Crippen molar-refractivity contribution in [2.45, 2.75) is 306 Å². The minimum absolute atomic E-state index is 0.00618. The predicted molar refractivity (Wildman–Crippen MR) is 500 cm³/mol. The molecule has 0 unspecified atom stereocenters. The number of thioether (sulfide) groups is 1. The van der Waals surface area contributed by atoms with Crippen molar-refractivity contribution < 1.29 is 28.7 Å². The maximum absolute atomic E-state index is 11.6. The Labute approximate surface area is 740 Å². The van der Waals surface area contributed by atoms with Crippen LogP contribution < -0.4 is 20.7 Å². The van der Waals surface area contributed by atoms with Crippen molar-refractivity contribution in [2.75, 3.05) is 42.4 Å². The quantitative estimate of drug-likeness (QED) is 0.0396. The van der Waals surface area contributed by atoms with E-state index >= 15 is 0 Å². The third kappa shape index (κ3) is 24.2. The number of anilines is 3. The minimum atomic E-state index is -0.0834. The molecule has 0 bridgehead atoms. The van der Waals surface area contributed by atoms with Crippen LogP contribution in [0.3, 0.4) is 0 Å². The number of ketones is 4. The number of carbonyl (C=O) groups excluding carboxylic acids is 5. The Balaban J connectivity index is 0.000000129. The molecule has 6 aliphatic carbocycles. The van der Waals surface area contributed by atoms with Crippen molar-refractivity contribution in [1.82, 2.24) is 87.2 Å². The molecule has 12 heterocycles. The molecule has 18 rings (SSSR count). The summed E-state index contributed by atoms with van der Waals surface area (Å²) in [6.07, 6.45) is 52.3. The van der Waals surface area contributed by atoms with Crippen LogP contribution in [0.25, 0.3) is 66.2 Å². The SMILES string of the molecule is CC(=O)Nc1nc2cnc(C)cc2n1CC1CCCCC1.CC(=O)c1cc2c(cn1)nc(C)n2CC1CCCCC1.CCNc1nc2cnc(C)cc2n1CC1CCCCC1.CCOc1nc2cnc(C(C)=O)cc2n1CC1CCCCC1.CNc1nc2cnc(C(C)=O)cc2n1CC1CCCCC1.CSc1nc2cnc(C(C)=O)cc2n1CC1CCCCC1. The van der Waals surface area contributed by atoms with E-state index in [0.717, 1.165) is 159 Å². The molecule has 0 aromatic carbocycles. The fourth-order valence-electron chi connectivity index (χ4n) is 19.3. The van der Waals surface area contributed by atoms with Gasteiger partial charge in [0.15, 0.2) is 28.3 Å². The summed E-state index contributed by atoms with van der Waals surface area (Å²) in [5.41, 5.74) is 15.7. The largest absolute Gasteiger partial charge is 0.465 e. The molecule has 668 valence electrons. The number of hydrogen-bond donors (Lipinski definition) is 3. The average molecular weight is 1720 g/mol. The second-order valence-corrected chi connectivity index (χ2v) is 36.4. The summed E-state index contributed by atoms with van der Waals surface area (Å²) in [4.78, 5) is 111. The number of carbonyl (C=O) groups is 5. The van der Waals surface area contributed by atoms with Gasteiger partial charge >= 0.3 is 0 Å². The van der Waals surface area contributed by atoms with Gasteiger partial charge in [0, 0.05) is 98.9 Å². The molecule has 6 saturated carbocycles. The Morgan fingerprint density at radius 1 is 0.360 bits per heavy atom. The summed E-state index contributed by atoms with van der Waals surface area (Å²) in [5, 5.41) is 10.4. The van der Waals surface area contributed by atoms with Crippen LogP contribution >= 0.6 is 11.8 Å². The van der Waals surface area contributed by atoms with Gasteiger partial charge in [-0.2, -0.15) is 4.98 Å². The lowest BCUT2D eigenvalue weighted by molar-refractivity contribution is -0.114. The number of fused-ring (bicyclic) bond motifs is 6. The third-order valence-electron chi connectivity index (χ3n) is 25.9. The van der Waals surface area contributed by atoms with Crippen LogP contribution in [0.1, 0.15) is 300 Å². The Morgan fingerprint density at radius 3 is 1.02 bits per heavy atom. The summed E-state index contributed by atoms with van der Waals surface area (Å²) in [7, 11) is 1.89. The molecule has 28 heteroatoms. The van der Waals surface area contributed by atoms with Gasteiger partial charge in [0.1, 0.15) is 61.7 Å². The third-order valence-corrected chi connectivity index (χ3v) is 26.6. The van der Waals surface area contributed by atoms with Gasteiger partial charge in [-0.15, -0.1) is 0 Å². The number of amides is 1. The van der Waals surface area contributed by atoms with Gasteiger partial charge in [0.05, 0.1) is 76.9 Å². The van der Waals surface area contributed by atoms with Gasteiger partial charge in [-0.3, -0.25) is 63.8 Å². The van der Waals surface area contributed by atoms with Crippen molar-refractivity contribution in [3.8, 4) is 6.01 Å². The van der Waals surface area contributed by atoms with E-state index in [4.69, 9.17) is 9.72 Å². The maximum atomic E-state index is 11.6. The molecule has 0 saturated heterocycles. The van der Waals surface area contributed by atoms with Crippen LogP contribution in [-0.2, 0) is 44.1 Å². The molecule has 6 aliphatic rings. The summed E-state index contributed by atoms with van der Waals surface area (Å²) < 4.78 is 19.1. The Hall–Kier alpha value is -10.4. The molecule has 12 aromatic rings. The molecular formula is C97H133N21O6S. The van der Waals surface area contributed by atoms with Crippen LogP contribution in [0.15, 0.2) is 78.7 Å². The number of aromatic nitrogens is 18. The van der Waals surface area contributed by atoms with E-state index in [9.17, 15) is 24.0 Å². The van der Waals surface area contributed by atoms with E-state index in [1.54, 1.807) is 70.4 Å². The summed E-state index contributed by atoms with van der Waals surface area (Å²) >= 11 is 1.66. The van der Waals surface area contributed by atoms with Crippen molar-refractivity contribution in [3.63, 3.8) is 0 Å². The number of hydrogen-bond acceptors (Lipinski definition) is 21. The molecular weight excluding hydrogens is 1590 g/mol. The van der Waals surface area contributed by atoms with Gasteiger partial charge in [0.25, 0.3) is 6.01 Å². The van der Waals surface area contributed by atoms with E-state index in [0.29, 0.717) is 59.1 Å². The van der Waals surface area contributed by atoms with Gasteiger partial charge < -0.3 is 38.2 Å². The first kappa shape index (κ1) is 92.3. The molecule has 3 N–H and O–H groups in total. The maximum Gasteiger partial charge on any atom is 0.297 e. The van der Waals surface area contributed by atoms with Crippen LogP contribution in [0, 0.1) is 56.3 Å². The number of aryl methyl sites for hydroxylation is 3. The van der Waals surface area contributed by atoms with Crippen molar-refractivity contribution >= 4 is 125 Å². The summed E-state index contributed by atoms with van der Waals surface area (Å²) in [6, 6.07) is 12.4. The number of nitrogens with one attached hydrogen (secondary N) is 3. The Morgan fingerprint density at radius 2 is 0.656 bits per heavy atom. The summed E-state index contributed by atoms with van der Waals surface area (Å²) in [6.45, 7) is 25.3. The first-order chi connectivity index (χ1) is 60.6. The zero-order chi connectivity index (χ0) is 88.0. The summed E-state index contributed by atoms with van der Waals surface area (Å²) in [5.74, 6) is 7.76. The topological polar surface area (TPSA) is 315 Å². The first-order valence-corrected chi connectivity index (χ1v) is 47.8. The highest BCUT2D eigenvalue weighted by atomic mass is 32.2. The number of imidazole rings is 6. The highest BCUT2D eigenvalue weighted by Gasteiger charge is 2.27. The number of rotatable bonds is 23. The molecule has 1 amide bonds. The molecule has 0 spiro atoms. The lowest BCUT2D eigenvalue weighted by atomic mass is 9.89. The zero-order valence-electron chi connectivity index (χ0n) is 76.2. The fraction of sp³-hybridized carbons (Fsp3) is 0.577. The first-order valence-electron chi connectivity index (χ1n) is 46.6. The van der Waals surface area contributed by atoms with Gasteiger partial charge in [-0.25, -0.2) is 24.9 Å². The monoisotopic (exact) mass is 1720 g/mol. The molecule has 0 radical (unpaired) electrons. The normalized spacial score (nSPS) is 16.4. The number of ether oxygens (including phenoxy) is 1. The molecule has 12 aromatic heterocycles. The average Bonchev–Trinajstić information content (AvgIpc) is 1.73. The molecule has 6 fully saturated rings. The van der Waals surface area contributed by atoms with E-state index in [-0.39, 0.29) is 29.0 Å². The highest BCUT2D eigenvalue weighted by molar-refractivity contribution is 7.98. The fourth-order valence-corrected chi connectivity index (χ4v) is 19.8. The second-order valence-electron chi connectivity index (χ2n) is 35.6. The van der Waals surface area contributed by atoms with E-state index in [2.05, 4.69) is 123 Å². The van der Waals surface area contributed by atoms with Crippen LogP contribution in [0.2, 0.25) is 0 Å². The molecule has 0 aliphatic heterocycles.